The molecule has 1 heterocycles. The summed E-state index contributed by atoms with van der Waals surface area (Å²) >= 11 is 4.59. The fourth-order valence-corrected chi connectivity index (χ4v) is 0.922. The Hall–Kier alpha value is -1.17. The molecular formula is C5H7N3O2S. The molecule has 0 aromatic heterocycles. The summed E-state index contributed by atoms with van der Waals surface area (Å²) in [5, 5.41) is 2.21. The van der Waals surface area contributed by atoms with Gasteiger partial charge in [0.15, 0.2) is 5.11 Å². The van der Waals surface area contributed by atoms with Gasteiger partial charge in [0.1, 0.15) is 0 Å². The summed E-state index contributed by atoms with van der Waals surface area (Å²) in [6.45, 7) is 0.141. The van der Waals surface area contributed by atoms with Crippen LogP contribution in [-0.4, -0.2) is 34.9 Å². The van der Waals surface area contributed by atoms with E-state index in [1.54, 1.807) is 0 Å². The van der Waals surface area contributed by atoms with Crippen molar-refractivity contribution in [1.82, 2.24) is 10.2 Å². The van der Waals surface area contributed by atoms with Gasteiger partial charge >= 0.3 is 0 Å². The number of carbonyl (C=O) groups is 2. The van der Waals surface area contributed by atoms with Crippen molar-refractivity contribution in [1.29, 1.82) is 0 Å². The van der Waals surface area contributed by atoms with E-state index in [2.05, 4.69) is 17.5 Å². The topological polar surface area (TPSA) is 75.4 Å². The normalized spacial score (nSPS) is 18.0. The van der Waals surface area contributed by atoms with Crippen molar-refractivity contribution in [2.45, 2.75) is 0 Å². The summed E-state index contributed by atoms with van der Waals surface area (Å²) < 4.78 is 0. The standard InChI is InChI=1S/C5H7N3O2S/c6-5(11)8-1-3(9)7-4(10)2-8/h1-2H2,(H2,6,11)(H,7,9,10). The minimum Gasteiger partial charge on any atom is -0.376 e. The van der Waals surface area contributed by atoms with Gasteiger partial charge in [-0.1, -0.05) is 0 Å². The minimum atomic E-state index is -0.367. The Bertz CT molecular complexity index is 212. The highest BCUT2D eigenvalue weighted by Crippen LogP contribution is 1.93. The van der Waals surface area contributed by atoms with Gasteiger partial charge in [0, 0.05) is 0 Å². The van der Waals surface area contributed by atoms with E-state index in [0.29, 0.717) is 0 Å². The molecule has 0 radical (unpaired) electrons. The van der Waals surface area contributed by atoms with Crippen LogP contribution in [0.2, 0.25) is 0 Å². The molecule has 0 unspecified atom stereocenters. The molecule has 60 valence electrons. The maximum atomic E-state index is 10.7. The number of nitrogens with one attached hydrogen (secondary N) is 1. The minimum absolute atomic E-state index is 0.0705. The van der Waals surface area contributed by atoms with Crippen molar-refractivity contribution in [3.8, 4) is 0 Å². The van der Waals surface area contributed by atoms with Crippen LogP contribution in [0, 0.1) is 0 Å². The first-order valence-electron chi connectivity index (χ1n) is 2.96. The van der Waals surface area contributed by atoms with Crippen LogP contribution in [0.4, 0.5) is 0 Å². The maximum Gasteiger partial charge on any atom is 0.246 e. The van der Waals surface area contributed by atoms with Crippen molar-refractivity contribution in [2.24, 2.45) is 5.73 Å². The van der Waals surface area contributed by atoms with E-state index < -0.39 is 0 Å². The summed E-state index contributed by atoms with van der Waals surface area (Å²) in [6, 6.07) is 0. The van der Waals surface area contributed by atoms with Crippen LogP contribution >= 0.6 is 12.2 Å². The molecule has 0 aromatic carbocycles. The van der Waals surface area contributed by atoms with Gasteiger partial charge in [-0.05, 0) is 12.2 Å². The lowest BCUT2D eigenvalue weighted by Gasteiger charge is -2.25. The average molecular weight is 173 g/mol. The Labute approximate surface area is 68.5 Å². The molecule has 0 atom stereocenters. The molecule has 1 saturated heterocycles. The second-order valence-corrected chi connectivity index (χ2v) is 2.58. The van der Waals surface area contributed by atoms with Gasteiger partial charge in [0.05, 0.1) is 13.1 Å². The zero-order valence-electron chi connectivity index (χ0n) is 5.66. The van der Waals surface area contributed by atoms with E-state index in [1.807, 2.05) is 0 Å². The number of piperazine rings is 1. The molecule has 1 aliphatic rings. The molecule has 2 amide bonds. The Morgan fingerprint density at radius 2 is 1.91 bits per heavy atom. The van der Waals surface area contributed by atoms with Crippen LogP contribution in [-0.2, 0) is 9.59 Å². The SMILES string of the molecule is NC(=S)N1CC(=O)NC(=O)C1. The number of amides is 2. The van der Waals surface area contributed by atoms with Crippen LogP contribution in [0.15, 0.2) is 0 Å². The molecule has 5 nitrogen and oxygen atoms in total. The number of imide groups is 1. The van der Waals surface area contributed by atoms with Crippen molar-refractivity contribution in [3.63, 3.8) is 0 Å². The van der Waals surface area contributed by atoms with Crippen LogP contribution < -0.4 is 11.1 Å². The number of carbonyl (C=O) groups excluding carboxylic acids is 2. The van der Waals surface area contributed by atoms with Gasteiger partial charge < -0.3 is 10.6 Å². The van der Waals surface area contributed by atoms with Gasteiger partial charge in [0.2, 0.25) is 11.8 Å². The quantitative estimate of drug-likeness (QED) is 0.333. The smallest absolute Gasteiger partial charge is 0.246 e. The van der Waals surface area contributed by atoms with Gasteiger partial charge in [-0.15, -0.1) is 0 Å². The largest absolute Gasteiger partial charge is 0.376 e. The predicted octanol–water partition coefficient (Wildman–Crippen LogP) is -1.81. The predicted molar refractivity (Wildman–Crippen MR) is 41.5 cm³/mol. The highest BCUT2D eigenvalue weighted by Gasteiger charge is 2.22. The van der Waals surface area contributed by atoms with E-state index >= 15 is 0 Å². The van der Waals surface area contributed by atoms with E-state index in [1.165, 1.54) is 4.90 Å². The zero-order valence-corrected chi connectivity index (χ0v) is 6.48. The third kappa shape index (κ3) is 1.87. The lowest BCUT2D eigenvalue weighted by Crippen LogP contribution is -2.54. The van der Waals surface area contributed by atoms with Crippen LogP contribution in [0.3, 0.4) is 0 Å². The monoisotopic (exact) mass is 173 g/mol. The number of thiocarbonyl (C=S) groups is 1. The van der Waals surface area contributed by atoms with Gasteiger partial charge in [-0.25, -0.2) is 0 Å². The van der Waals surface area contributed by atoms with Crippen molar-refractivity contribution < 1.29 is 9.59 Å². The second kappa shape index (κ2) is 2.83. The molecule has 0 spiro atoms. The zero-order chi connectivity index (χ0) is 8.43. The molecule has 6 heteroatoms. The lowest BCUT2D eigenvalue weighted by molar-refractivity contribution is -0.134. The molecule has 0 saturated carbocycles. The lowest BCUT2D eigenvalue weighted by atomic mass is 10.4. The van der Waals surface area contributed by atoms with Crippen LogP contribution in [0.5, 0.6) is 0 Å². The first kappa shape index (κ1) is 7.93. The van der Waals surface area contributed by atoms with Crippen molar-refractivity contribution in [3.05, 3.63) is 0 Å². The van der Waals surface area contributed by atoms with Crippen molar-refractivity contribution >= 4 is 29.1 Å². The highest BCUT2D eigenvalue weighted by molar-refractivity contribution is 7.80. The van der Waals surface area contributed by atoms with Gasteiger partial charge in [0.25, 0.3) is 0 Å². The molecule has 1 rings (SSSR count). The molecule has 1 aliphatic heterocycles. The number of hydrogen-bond acceptors (Lipinski definition) is 3. The Morgan fingerprint density at radius 1 is 1.45 bits per heavy atom. The van der Waals surface area contributed by atoms with Crippen LogP contribution in [0.1, 0.15) is 0 Å². The van der Waals surface area contributed by atoms with Gasteiger partial charge in [-0.2, -0.15) is 0 Å². The van der Waals surface area contributed by atoms with Crippen LogP contribution in [0.25, 0.3) is 0 Å². The molecular weight excluding hydrogens is 166 g/mol. The summed E-state index contributed by atoms with van der Waals surface area (Å²) in [6.07, 6.45) is 0. The third-order valence-corrected chi connectivity index (χ3v) is 1.52. The molecule has 1 fully saturated rings. The first-order chi connectivity index (χ1) is 5.09. The molecule has 0 aliphatic carbocycles. The van der Waals surface area contributed by atoms with E-state index in [4.69, 9.17) is 5.73 Å². The maximum absolute atomic E-state index is 10.7. The van der Waals surface area contributed by atoms with E-state index in [0.717, 1.165) is 0 Å². The molecule has 11 heavy (non-hydrogen) atoms. The second-order valence-electron chi connectivity index (χ2n) is 2.17. The third-order valence-electron chi connectivity index (χ3n) is 1.26. The first-order valence-corrected chi connectivity index (χ1v) is 3.37. The van der Waals surface area contributed by atoms with Gasteiger partial charge in [-0.3, -0.25) is 14.9 Å². The number of rotatable bonds is 0. The number of hydrogen-bond donors (Lipinski definition) is 2. The number of nitrogens with zero attached hydrogens (tertiary/aromatic N) is 1. The Kier molecular flexibility index (Phi) is 2.04. The fraction of sp³-hybridized carbons (Fsp3) is 0.400. The summed E-state index contributed by atoms with van der Waals surface area (Å²) in [4.78, 5) is 22.7. The fourth-order valence-electron chi connectivity index (χ4n) is 0.793. The molecule has 3 N–H and O–H groups in total. The number of nitrogens with two attached hydrogens (primary N) is 1. The Balaban J connectivity index is 2.63. The van der Waals surface area contributed by atoms with Crippen molar-refractivity contribution in [2.75, 3.05) is 13.1 Å². The molecule has 0 bridgehead atoms. The summed E-state index contributed by atoms with van der Waals surface area (Å²) in [7, 11) is 0. The summed E-state index contributed by atoms with van der Waals surface area (Å²) in [5.41, 5.74) is 5.22. The van der Waals surface area contributed by atoms with E-state index in [-0.39, 0.29) is 30.0 Å². The van der Waals surface area contributed by atoms with E-state index in [9.17, 15) is 9.59 Å². The average Bonchev–Trinajstić information content (AvgIpc) is 1.85. The Morgan fingerprint density at radius 3 is 2.27 bits per heavy atom. The highest BCUT2D eigenvalue weighted by atomic mass is 32.1. The molecule has 0 aromatic rings. The summed E-state index contributed by atoms with van der Waals surface area (Å²) in [5.74, 6) is -0.733.